The van der Waals surface area contributed by atoms with Gasteiger partial charge in [-0.1, -0.05) is 18.2 Å². The molecular formula is C19H19N5O2. The van der Waals surface area contributed by atoms with E-state index in [1.165, 1.54) is 0 Å². The number of carbonyl (C=O) groups is 1. The van der Waals surface area contributed by atoms with Crippen LogP contribution in [0.15, 0.2) is 54.9 Å². The Morgan fingerprint density at radius 3 is 2.77 bits per heavy atom. The lowest BCUT2D eigenvalue weighted by Gasteiger charge is -2.18. The highest BCUT2D eigenvalue weighted by Gasteiger charge is 2.32. The molecule has 3 heterocycles. The second kappa shape index (κ2) is 6.87. The zero-order valence-electron chi connectivity index (χ0n) is 14.3. The van der Waals surface area contributed by atoms with Crippen LogP contribution in [0.1, 0.15) is 6.42 Å². The molecule has 4 rings (SSSR count). The van der Waals surface area contributed by atoms with Crippen molar-refractivity contribution in [2.45, 2.75) is 12.5 Å². The summed E-state index contributed by atoms with van der Waals surface area (Å²) >= 11 is 0. The molecule has 1 aromatic carbocycles. The Morgan fingerprint density at radius 1 is 1.19 bits per heavy atom. The molecule has 7 heteroatoms. The maximum atomic E-state index is 12.8. The number of aromatic amines is 1. The first kappa shape index (κ1) is 16.1. The van der Waals surface area contributed by atoms with Crippen molar-refractivity contribution >= 4 is 17.4 Å². The molecule has 0 spiro atoms. The van der Waals surface area contributed by atoms with Gasteiger partial charge in [-0.2, -0.15) is 10.1 Å². The van der Waals surface area contributed by atoms with E-state index in [4.69, 9.17) is 4.74 Å². The minimum atomic E-state index is -0.289. The number of rotatable bonds is 5. The smallest absolute Gasteiger partial charge is 0.249 e. The van der Waals surface area contributed by atoms with Crippen molar-refractivity contribution in [2.24, 2.45) is 0 Å². The highest BCUT2D eigenvalue weighted by Crippen LogP contribution is 2.26. The third-order valence-electron chi connectivity index (χ3n) is 4.47. The molecule has 26 heavy (non-hydrogen) atoms. The van der Waals surface area contributed by atoms with Gasteiger partial charge in [-0.25, -0.2) is 0 Å². The second-order valence-electron chi connectivity index (χ2n) is 6.07. The summed E-state index contributed by atoms with van der Waals surface area (Å²) < 4.78 is 5.13. The van der Waals surface area contributed by atoms with Crippen LogP contribution in [0.4, 0.5) is 11.5 Å². The maximum absolute atomic E-state index is 12.8. The fourth-order valence-corrected chi connectivity index (χ4v) is 3.10. The van der Waals surface area contributed by atoms with E-state index in [9.17, 15) is 4.79 Å². The fourth-order valence-electron chi connectivity index (χ4n) is 3.10. The van der Waals surface area contributed by atoms with Crippen LogP contribution in [0.2, 0.25) is 0 Å². The summed E-state index contributed by atoms with van der Waals surface area (Å²) in [5.74, 6) is 1.21. The Labute approximate surface area is 151 Å². The number of carbonyl (C=O) groups excluding carboxylic acids is 1. The number of nitrogens with zero attached hydrogens (tertiary/aromatic N) is 3. The van der Waals surface area contributed by atoms with Gasteiger partial charge in [0.25, 0.3) is 0 Å². The number of H-pyrrole nitrogens is 1. The number of benzene rings is 1. The lowest BCUT2D eigenvalue weighted by atomic mass is 10.1. The first-order valence-corrected chi connectivity index (χ1v) is 8.43. The molecule has 7 nitrogen and oxygen atoms in total. The third kappa shape index (κ3) is 3.11. The van der Waals surface area contributed by atoms with Gasteiger partial charge in [0.1, 0.15) is 11.9 Å². The fraction of sp³-hybridized carbons (Fsp3) is 0.211. The van der Waals surface area contributed by atoms with E-state index in [1.807, 2.05) is 42.6 Å². The SMILES string of the molecule is COc1cccc(NC2CCN(c3ccc(-c4cn[nH]c4)cc3)C2=O)n1. The Morgan fingerprint density at radius 2 is 2.04 bits per heavy atom. The van der Waals surface area contributed by atoms with Crippen LogP contribution in [0.25, 0.3) is 11.1 Å². The Balaban J connectivity index is 1.46. The van der Waals surface area contributed by atoms with Crippen molar-refractivity contribution in [1.29, 1.82) is 0 Å². The number of amides is 1. The van der Waals surface area contributed by atoms with Gasteiger partial charge >= 0.3 is 0 Å². The first-order valence-electron chi connectivity index (χ1n) is 8.43. The van der Waals surface area contributed by atoms with Crippen LogP contribution >= 0.6 is 0 Å². The van der Waals surface area contributed by atoms with E-state index >= 15 is 0 Å². The van der Waals surface area contributed by atoms with Crippen LogP contribution in [-0.2, 0) is 4.79 Å². The molecule has 2 N–H and O–H groups in total. The molecule has 0 bridgehead atoms. The van der Waals surface area contributed by atoms with Gasteiger partial charge in [0.2, 0.25) is 11.8 Å². The number of methoxy groups -OCH3 is 1. The topological polar surface area (TPSA) is 83.1 Å². The normalized spacial score (nSPS) is 16.7. The molecule has 1 aliphatic rings. The van der Waals surface area contributed by atoms with Gasteiger partial charge in [0.05, 0.1) is 13.3 Å². The van der Waals surface area contributed by atoms with Crippen LogP contribution in [-0.4, -0.2) is 40.8 Å². The molecule has 0 saturated carbocycles. The van der Waals surface area contributed by atoms with E-state index in [0.29, 0.717) is 18.2 Å². The van der Waals surface area contributed by atoms with Gasteiger partial charge in [0, 0.05) is 30.1 Å². The quantitative estimate of drug-likeness (QED) is 0.740. The molecule has 2 aromatic heterocycles. The number of pyridine rings is 1. The highest BCUT2D eigenvalue weighted by atomic mass is 16.5. The van der Waals surface area contributed by atoms with Crippen LogP contribution < -0.4 is 15.0 Å². The van der Waals surface area contributed by atoms with Gasteiger partial charge < -0.3 is 15.0 Å². The monoisotopic (exact) mass is 349 g/mol. The number of anilines is 2. The molecule has 1 aliphatic heterocycles. The minimum absolute atomic E-state index is 0.0469. The summed E-state index contributed by atoms with van der Waals surface area (Å²) in [6.45, 7) is 0.672. The highest BCUT2D eigenvalue weighted by molar-refractivity contribution is 6.01. The van der Waals surface area contributed by atoms with Crippen molar-refractivity contribution in [3.8, 4) is 17.0 Å². The van der Waals surface area contributed by atoms with Crippen LogP contribution in [0.3, 0.4) is 0 Å². The Hall–Kier alpha value is -3.35. The van der Waals surface area contributed by atoms with Gasteiger partial charge in [-0.05, 0) is 30.2 Å². The van der Waals surface area contributed by atoms with Gasteiger partial charge in [0.15, 0.2) is 0 Å². The van der Waals surface area contributed by atoms with Crippen molar-refractivity contribution in [1.82, 2.24) is 15.2 Å². The molecule has 0 radical (unpaired) electrons. The van der Waals surface area contributed by atoms with E-state index in [0.717, 1.165) is 23.2 Å². The summed E-state index contributed by atoms with van der Waals surface area (Å²) in [6, 6.07) is 13.1. The van der Waals surface area contributed by atoms with Crippen molar-refractivity contribution in [3.63, 3.8) is 0 Å². The van der Waals surface area contributed by atoms with Crippen molar-refractivity contribution in [2.75, 3.05) is 23.9 Å². The molecule has 1 amide bonds. The van der Waals surface area contributed by atoms with E-state index in [2.05, 4.69) is 20.5 Å². The number of ether oxygens (including phenoxy) is 1. The molecule has 3 aromatic rings. The third-order valence-corrected chi connectivity index (χ3v) is 4.47. The minimum Gasteiger partial charge on any atom is -0.481 e. The predicted octanol–water partition coefficient (Wildman–Crippen LogP) is 2.70. The zero-order chi connectivity index (χ0) is 17.9. The number of hydrogen-bond acceptors (Lipinski definition) is 5. The van der Waals surface area contributed by atoms with E-state index < -0.39 is 0 Å². The standard InChI is InChI=1S/C19H19N5O2/c1-26-18-4-2-3-17(23-18)22-16-9-10-24(19(16)25)15-7-5-13(6-8-15)14-11-20-21-12-14/h2-8,11-12,16H,9-10H2,1H3,(H,20,21)(H,22,23). The Kier molecular flexibility index (Phi) is 4.27. The maximum Gasteiger partial charge on any atom is 0.249 e. The zero-order valence-corrected chi connectivity index (χ0v) is 14.3. The lowest BCUT2D eigenvalue weighted by molar-refractivity contribution is -0.117. The lowest BCUT2D eigenvalue weighted by Crippen LogP contribution is -2.33. The van der Waals surface area contributed by atoms with Crippen molar-refractivity contribution in [3.05, 3.63) is 54.9 Å². The average molecular weight is 349 g/mol. The number of hydrogen-bond donors (Lipinski definition) is 2. The molecule has 1 saturated heterocycles. The summed E-state index contributed by atoms with van der Waals surface area (Å²) in [5, 5.41) is 9.97. The summed E-state index contributed by atoms with van der Waals surface area (Å²) in [5.41, 5.74) is 2.97. The van der Waals surface area contributed by atoms with Crippen LogP contribution in [0, 0.1) is 0 Å². The number of aromatic nitrogens is 3. The Bertz CT molecular complexity index is 893. The number of nitrogens with one attached hydrogen (secondary N) is 2. The summed E-state index contributed by atoms with van der Waals surface area (Å²) in [7, 11) is 1.57. The first-order chi connectivity index (χ1) is 12.7. The molecule has 1 unspecified atom stereocenters. The predicted molar refractivity (Wildman–Crippen MR) is 99.2 cm³/mol. The molecule has 132 valence electrons. The molecule has 0 aliphatic carbocycles. The second-order valence-corrected chi connectivity index (χ2v) is 6.07. The van der Waals surface area contributed by atoms with Gasteiger partial charge in [-0.3, -0.25) is 9.89 Å². The average Bonchev–Trinajstić information content (AvgIpc) is 3.33. The van der Waals surface area contributed by atoms with E-state index in [1.54, 1.807) is 24.3 Å². The van der Waals surface area contributed by atoms with E-state index in [-0.39, 0.29) is 11.9 Å². The summed E-state index contributed by atoms with van der Waals surface area (Å²) in [6.07, 6.45) is 4.34. The van der Waals surface area contributed by atoms with Crippen LogP contribution in [0.5, 0.6) is 5.88 Å². The van der Waals surface area contributed by atoms with Gasteiger partial charge in [-0.15, -0.1) is 0 Å². The largest absolute Gasteiger partial charge is 0.481 e. The molecule has 1 fully saturated rings. The summed E-state index contributed by atoms with van der Waals surface area (Å²) in [4.78, 5) is 18.9. The molecule has 1 atom stereocenters. The van der Waals surface area contributed by atoms with Crippen molar-refractivity contribution < 1.29 is 9.53 Å². The molecular weight excluding hydrogens is 330 g/mol.